The molecule has 2 aromatic heterocycles. The summed E-state index contributed by atoms with van der Waals surface area (Å²) in [6, 6.07) is 16.3. The number of nitrogens with zero attached hydrogens (tertiary/aromatic N) is 1. The van der Waals surface area contributed by atoms with Gasteiger partial charge in [0.1, 0.15) is 23.3 Å². The van der Waals surface area contributed by atoms with E-state index in [1.807, 2.05) is 36.4 Å². The lowest BCUT2D eigenvalue weighted by Gasteiger charge is -2.13. The third-order valence-electron chi connectivity index (χ3n) is 4.07. The Morgan fingerprint density at radius 1 is 0.962 bits per heavy atom. The predicted molar refractivity (Wildman–Crippen MR) is 103 cm³/mol. The summed E-state index contributed by atoms with van der Waals surface area (Å²) < 4.78 is 5.83. The monoisotopic (exact) mass is 384 g/mol. The highest BCUT2D eigenvalue weighted by atomic mass is 35.5. The second-order valence-corrected chi connectivity index (χ2v) is 6.64. The van der Waals surface area contributed by atoms with E-state index in [1.54, 1.807) is 30.6 Å². The van der Waals surface area contributed by atoms with Gasteiger partial charge in [-0.2, -0.15) is 0 Å². The standard InChI is InChI=1S/C20H14Cl2N2O2/c21-12-6-7-15(18(22)8-12)19(25)17-11-24-20-16(17)9-14(10-23-20)26-13-4-2-1-3-5-13/h1-11,19,25H,(H,23,24)/t19-/m1/s1. The van der Waals surface area contributed by atoms with Crippen molar-refractivity contribution in [3.05, 3.63) is 88.2 Å². The number of para-hydroxylation sites is 1. The number of rotatable bonds is 4. The van der Waals surface area contributed by atoms with E-state index in [0.29, 0.717) is 38.3 Å². The number of ether oxygens (including phenoxy) is 1. The second-order valence-electron chi connectivity index (χ2n) is 5.79. The number of nitrogens with one attached hydrogen (secondary N) is 1. The molecule has 2 heterocycles. The minimum Gasteiger partial charge on any atom is -0.456 e. The van der Waals surface area contributed by atoms with Crippen LogP contribution in [0.4, 0.5) is 0 Å². The summed E-state index contributed by atoms with van der Waals surface area (Å²) in [6.45, 7) is 0. The van der Waals surface area contributed by atoms with Gasteiger partial charge in [-0.15, -0.1) is 0 Å². The number of aromatic amines is 1. The normalized spacial score (nSPS) is 12.3. The Kier molecular flexibility index (Phi) is 4.55. The lowest BCUT2D eigenvalue weighted by molar-refractivity contribution is 0.222. The van der Waals surface area contributed by atoms with Crippen LogP contribution in [0.1, 0.15) is 17.2 Å². The molecule has 0 radical (unpaired) electrons. The van der Waals surface area contributed by atoms with Gasteiger partial charge in [0.2, 0.25) is 0 Å². The number of halogens is 2. The number of H-pyrrole nitrogens is 1. The number of hydrogen-bond acceptors (Lipinski definition) is 3. The molecule has 2 aromatic carbocycles. The zero-order chi connectivity index (χ0) is 18.1. The molecular formula is C20H14Cl2N2O2. The number of fused-ring (bicyclic) bond motifs is 1. The van der Waals surface area contributed by atoms with Crippen molar-refractivity contribution in [1.82, 2.24) is 9.97 Å². The van der Waals surface area contributed by atoms with Gasteiger partial charge in [0.15, 0.2) is 0 Å². The number of hydrogen-bond donors (Lipinski definition) is 2. The van der Waals surface area contributed by atoms with E-state index >= 15 is 0 Å². The first-order valence-corrected chi connectivity index (χ1v) is 8.70. The Morgan fingerprint density at radius 3 is 2.54 bits per heavy atom. The fraction of sp³-hybridized carbons (Fsp3) is 0.0500. The van der Waals surface area contributed by atoms with Crippen LogP contribution in [0.25, 0.3) is 11.0 Å². The second kappa shape index (κ2) is 7.00. The number of aromatic nitrogens is 2. The lowest BCUT2D eigenvalue weighted by atomic mass is 10.0. The van der Waals surface area contributed by atoms with Gasteiger partial charge in [0, 0.05) is 32.8 Å². The fourth-order valence-corrected chi connectivity index (χ4v) is 3.31. The molecule has 0 saturated heterocycles. The lowest BCUT2D eigenvalue weighted by Crippen LogP contribution is -2.00. The van der Waals surface area contributed by atoms with E-state index in [-0.39, 0.29) is 0 Å². The van der Waals surface area contributed by atoms with Gasteiger partial charge in [0.25, 0.3) is 0 Å². The van der Waals surface area contributed by atoms with E-state index in [0.717, 1.165) is 5.39 Å². The molecule has 4 nitrogen and oxygen atoms in total. The van der Waals surface area contributed by atoms with Crippen LogP contribution in [0.3, 0.4) is 0 Å². The molecular weight excluding hydrogens is 371 g/mol. The fourth-order valence-electron chi connectivity index (χ4n) is 2.80. The largest absolute Gasteiger partial charge is 0.456 e. The van der Waals surface area contributed by atoms with Crippen LogP contribution < -0.4 is 4.74 Å². The molecule has 4 aromatic rings. The topological polar surface area (TPSA) is 58.1 Å². The van der Waals surface area contributed by atoms with Crippen LogP contribution in [0.2, 0.25) is 10.0 Å². The smallest absolute Gasteiger partial charge is 0.146 e. The van der Waals surface area contributed by atoms with Crippen molar-refractivity contribution in [2.45, 2.75) is 6.10 Å². The predicted octanol–water partition coefficient (Wildman–Crippen LogP) is 5.74. The maximum absolute atomic E-state index is 10.8. The average molecular weight is 385 g/mol. The Hall–Kier alpha value is -2.53. The van der Waals surface area contributed by atoms with Gasteiger partial charge < -0.3 is 14.8 Å². The van der Waals surface area contributed by atoms with Crippen LogP contribution in [0, 0.1) is 0 Å². The van der Waals surface area contributed by atoms with Crippen molar-refractivity contribution in [2.24, 2.45) is 0 Å². The molecule has 0 saturated carbocycles. The van der Waals surface area contributed by atoms with E-state index in [9.17, 15) is 5.11 Å². The molecule has 6 heteroatoms. The van der Waals surface area contributed by atoms with Crippen molar-refractivity contribution in [1.29, 1.82) is 0 Å². The zero-order valence-corrected chi connectivity index (χ0v) is 15.0. The molecule has 0 aliphatic rings. The van der Waals surface area contributed by atoms with Crippen LogP contribution in [-0.4, -0.2) is 15.1 Å². The highest BCUT2D eigenvalue weighted by Crippen LogP contribution is 2.35. The molecule has 2 N–H and O–H groups in total. The molecule has 26 heavy (non-hydrogen) atoms. The van der Waals surface area contributed by atoms with Crippen molar-refractivity contribution in [3.63, 3.8) is 0 Å². The van der Waals surface area contributed by atoms with E-state index in [4.69, 9.17) is 27.9 Å². The van der Waals surface area contributed by atoms with Gasteiger partial charge in [-0.25, -0.2) is 4.98 Å². The maximum atomic E-state index is 10.8. The first-order chi connectivity index (χ1) is 12.6. The third-order valence-corrected chi connectivity index (χ3v) is 4.63. The van der Waals surface area contributed by atoms with Crippen molar-refractivity contribution in [3.8, 4) is 11.5 Å². The Balaban J connectivity index is 1.72. The van der Waals surface area contributed by atoms with Crippen LogP contribution in [0.5, 0.6) is 11.5 Å². The number of benzene rings is 2. The summed E-state index contributed by atoms with van der Waals surface area (Å²) in [5, 5.41) is 12.5. The molecule has 0 amide bonds. The summed E-state index contributed by atoms with van der Waals surface area (Å²) in [4.78, 5) is 7.43. The molecule has 0 unspecified atom stereocenters. The molecule has 0 aliphatic heterocycles. The molecule has 130 valence electrons. The van der Waals surface area contributed by atoms with Gasteiger partial charge >= 0.3 is 0 Å². The average Bonchev–Trinajstić information content (AvgIpc) is 3.05. The van der Waals surface area contributed by atoms with Gasteiger partial charge in [0.05, 0.1) is 6.20 Å². The van der Waals surface area contributed by atoms with Crippen LogP contribution in [-0.2, 0) is 0 Å². The SMILES string of the molecule is O[C@H](c1ccc(Cl)cc1Cl)c1c[nH]c2ncc(Oc3ccccc3)cc12. The van der Waals surface area contributed by atoms with E-state index in [1.165, 1.54) is 0 Å². The van der Waals surface area contributed by atoms with Crippen LogP contribution in [0.15, 0.2) is 67.0 Å². The molecule has 0 fully saturated rings. The van der Waals surface area contributed by atoms with Crippen molar-refractivity contribution in [2.75, 3.05) is 0 Å². The molecule has 1 atom stereocenters. The number of pyridine rings is 1. The molecule has 0 aliphatic carbocycles. The molecule has 4 rings (SSSR count). The van der Waals surface area contributed by atoms with Gasteiger partial charge in [-0.1, -0.05) is 47.5 Å². The summed E-state index contributed by atoms with van der Waals surface area (Å²) >= 11 is 12.2. The Morgan fingerprint density at radius 2 is 1.77 bits per heavy atom. The first-order valence-electron chi connectivity index (χ1n) is 7.95. The van der Waals surface area contributed by atoms with Gasteiger partial charge in [-0.05, 0) is 30.3 Å². The molecule has 0 bridgehead atoms. The summed E-state index contributed by atoms with van der Waals surface area (Å²) in [6.07, 6.45) is 2.44. The summed E-state index contributed by atoms with van der Waals surface area (Å²) in [7, 11) is 0. The zero-order valence-electron chi connectivity index (χ0n) is 13.5. The van der Waals surface area contributed by atoms with Crippen molar-refractivity contribution < 1.29 is 9.84 Å². The Bertz CT molecular complexity index is 1060. The minimum absolute atomic E-state index is 0.406. The van der Waals surface area contributed by atoms with Gasteiger partial charge in [-0.3, -0.25) is 0 Å². The maximum Gasteiger partial charge on any atom is 0.146 e. The third kappa shape index (κ3) is 3.27. The minimum atomic E-state index is -0.915. The van der Waals surface area contributed by atoms with E-state index < -0.39 is 6.10 Å². The highest BCUT2D eigenvalue weighted by Gasteiger charge is 2.19. The van der Waals surface area contributed by atoms with E-state index in [2.05, 4.69) is 9.97 Å². The number of aliphatic hydroxyl groups excluding tert-OH is 1. The van der Waals surface area contributed by atoms with Crippen LogP contribution >= 0.6 is 23.2 Å². The molecule has 0 spiro atoms. The summed E-state index contributed by atoms with van der Waals surface area (Å²) in [5.41, 5.74) is 1.89. The first kappa shape index (κ1) is 16.9. The highest BCUT2D eigenvalue weighted by molar-refractivity contribution is 6.35. The number of aliphatic hydroxyl groups is 1. The quantitative estimate of drug-likeness (QED) is 0.471. The summed E-state index contributed by atoms with van der Waals surface area (Å²) in [5.74, 6) is 1.30. The Labute approximate surface area is 160 Å². The van der Waals surface area contributed by atoms with Crippen molar-refractivity contribution >= 4 is 34.2 Å².